The van der Waals surface area contributed by atoms with Crippen molar-refractivity contribution in [3.05, 3.63) is 23.3 Å². The van der Waals surface area contributed by atoms with Crippen LogP contribution in [0.5, 0.6) is 0 Å². The molecule has 1 saturated carbocycles. The summed E-state index contributed by atoms with van der Waals surface area (Å²) in [6, 6.07) is 0. The van der Waals surface area contributed by atoms with Crippen molar-refractivity contribution >= 4 is 5.97 Å². The molecule has 5 heteroatoms. The molecule has 25 heavy (non-hydrogen) atoms. The van der Waals surface area contributed by atoms with Gasteiger partial charge >= 0.3 is 5.97 Å². The molecule has 0 aromatic rings. The quantitative estimate of drug-likeness (QED) is 0.412. The number of hydrogen-bond acceptors (Lipinski definition) is 5. The number of aliphatic hydroxyl groups excluding tert-OH is 2. The Hall–Kier alpha value is -1.17. The van der Waals surface area contributed by atoms with E-state index in [2.05, 4.69) is 0 Å². The van der Waals surface area contributed by atoms with E-state index in [4.69, 9.17) is 4.74 Å². The molecule has 0 aromatic carbocycles. The van der Waals surface area contributed by atoms with Gasteiger partial charge in [0.05, 0.1) is 17.8 Å². The molecule has 0 saturated heterocycles. The van der Waals surface area contributed by atoms with Gasteiger partial charge in [0.25, 0.3) is 0 Å². The maximum Gasteiger partial charge on any atom is 0.333 e. The first kappa shape index (κ1) is 20.1. The van der Waals surface area contributed by atoms with Crippen LogP contribution in [0.25, 0.3) is 0 Å². The lowest BCUT2D eigenvalue weighted by Crippen LogP contribution is -2.49. The van der Waals surface area contributed by atoms with Crippen LogP contribution in [-0.2, 0) is 9.53 Å². The number of rotatable bonds is 3. The third-order valence-corrected chi connectivity index (χ3v) is 6.61. The molecular formula is C20H32O5. The fourth-order valence-corrected chi connectivity index (χ4v) is 4.37. The Kier molecular flexibility index (Phi) is 5.53. The molecule has 1 fully saturated rings. The second kappa shape index (κ2) is 6.86. The summed E-state index contributed by atoms with van der Waals surface area (Å²) in [6.45, 7) is 10.9. The van der Waals surface area contributed by atoms with Crippen molar-refractivity contribution in [2.24, 2.45) is 17.3 Å². The molecule has 2 rings (SSSR count). The van der Waals surface area contributed by atoms with Gasteiger partial charge in [0.1, 0.15) is 6.10 Å². The second-order valence-corrected chi connectivity index (χ2v) is 8.24. The zero-order chi connectivity index (χ0) is 19.2. The molecule has 0 aliphatic heterocycles. The summed E-state index contributed by atoms with van der Waals surface area (Å²) >= 11 is 0. The van der Waals surface area contributed by atoms with Gasteiger partial charge in [-0.15, -0.1) is 0 Å². The molecule has 5 nitrogen and oxygen atoms in total. The minimum absolute atomic E-state index is 0.0962. The van der Waals surface area contributed by atoms with E-state index in [-0.39, 0.29) is 18.3 Å². The first-order valence-corrected chi connectivity index (χ1v) is 9.09. The van der Waals surface area contributed by atoms with E-state index < -0.39 is 35.3 Å². The first-order valence-electron chi connectivity index (χ1n) is 9.09. The minimum atomic E-state index is -1.12. The van der Waals surface area contributed by atoms with Gasteiger partial charge in [-0.1, -0.05) is 32.9 Å². The van der Waals surface area contributed by atoms with E-state index in [0.717, 1.165) is 0 Å². The van der Waals surface area contributed by atoms with Crippen LogP contribution >= 0.6 is 0 Å². The Morgan fingerprint density at radius 3 is 2.52 bits per heavy atom. The molecule has 0 spiro atoms. The SMILES string of the molecule is C/C=C(\C)C(=O)O[C@@H]1C[C@@](O)(C(C)C)[C@@H]2C[C@@H](O)C(C)=C[C@@H](O)[C@]21C. The predicted octanol–water partition coefficient (Wildman–Crippen LogP) is 2.35. The van der Waals surface area contributed by atoms with Crippen LogP contribution in [-0.4, -0.2) is 45.2 Å². The van der Waals surface area contributed by atoms with Gasteiger partial charge in [0, 0.05) is 23.3 Å². The van der Waals surface area contributed by atoms with Crippen LogP contribution in [0.2, 0.25) is 0 Å². The summed E-state index contributed by atoms with van der Waals surface area (Å²) < 4.78 is 5.74. The van der Waals surface area contributed by atoms with E-state index >= 15 is 0 Å². The zero-order valence-corrected chi connectivity index (χ0v) is 16.1. The predicted molar refractivity (Wildman–Crippen MR) is 95.7 cm³/mol. The number of allylic oxidation sites excluding steroid dienone is 1. The van der Waals surface area contributed by atoms with Crippen LogP contribution in [0, 0.1) is 17.3 Å². The summed E-state index contributed by atoms with van der Waals surface area (Å²) in [6.07, 6.45) is 1.65. The summed E-state index contributed by atoms with van der Waals surface area (Å²) in [5.74, 6) is -0.915. The van der Waals surface area contributed by atoms with Crippen LogP contribution in [0.3, 0.4) is 0 Å². The highest BCUT2D eigenvalue weighted by molar-refractivity contribution is 5.87. The first-order chi connectivity index (χ1) is 11.5. The van der Waals surface area contributed by atoms with Gasteiger partial charge in [0.2, 0.25) is 0 Å². The lowest BCUT2D eigenvalue weighted by Gasteiger charge is -2.42. The molecule has 3 N–H and O–H groups in total. The van der Waals surface area contributed by atoms with Crippen LogP contribution in [0.15, 0.2) is 23.3 Å². The third-order valence-electron chi connectivity index (χ3n) is 6.61. The zero-order valence-electron chi connectivity index (χ0n) is 16.1. The van der Waals surface area contributed by atoms with Gasteiger partial charge in [-0.2, -0.15) is 0 Å². The Bertz CT molecular complexity index is 593. The molecule has 0 heterocycles. The van der Waals surface area contributed by atoms with Gasteiger partial charge in [-0.3, -0.25) is 0 Å². The van der Waals surface area contributed by atoms with Crippen molar-refractivity contribution in [1.82, 2.24) is 0 Å². The molecule has 0 radical (unpaired) electrons. The summed E-state index contributed by atoms with van der Waals surface area (Å²) in [5, 5.41) is 32.7. The number of fused-ring (bicyclic) bond motifs is 1. The van der Waals surface area contributed by atoms with Crippen LogP contribution in [0.4, 0.5) is 0 Å². The maximum atomic E-state index is 12.3. The normalized spacial score (nSPS) is 42.0. The van der Waals surface area contributed by atoms with Gasteiger partial charge in [-0.05, 0) is 38.7 Å². The van der Waals surface area contributed by atoms with Crippen molar-refractivity contribution in [2.45, 2.75) is 78.3 Å². The lowest BCUT2D eigenvalue weighted by molar-refractivity contribution is -0.155. The average Bonchev–Trinajstić information content (AvgIpc) is 2.71. The highest BCUT2D eigenvalue weighted by Gasteiger charge is 2.65. The fraction of sp³-hybridized carbons (Fsp3) is 0.750. The molecule has 2 aliphatic rings. The summed E-state index contributed by atoms with van der Waals surface area (Å²) in [7, 11) is 0. The minimum Gasteiger partial charge on any atom is -0.458 e. The van der Waals surface area contributed by atoms with Crippen molar-refractivity contribution in [3.63, 3.8) is 0 Å². The van der Waals surface area contributed by atoms with E-state index in [1.165, 1.54) is 0 Å². The van der Waals surface area contributed by atoms with Crippen molar-refractivity contribution in [2.75, 3.05) is 0 Å². The Labute approximate surface area is 150 Å². The Morgan fingerprint density at radius 1 is 1.40 bits per heavy atom. The van der Waals surface area contributed by atoms with E-state index in [1.807, 2.05) is 20.8 Å². The molecule has 2 aliphatic carbocycles. The van der Waals surface area contributed by atoms with E-state index in [1.54, 1.807) is 32.9 Å². The second-order valence-electron chi connectivity index (χ2n) is 8.24. The number of carbonyl (C=O) groups excluding carboxylic acids is 1. The van der Waals surface area contributed by atoms with Crippen molar-refractivity contribution in [3.8, 4) is 0 Å². The van der Waals surface area contributed by atoms with Gasteiger partial charge in [-0.25, -0.2) is 4.79 Å². The average molecular weight is 352 g/mol. The maximum absolute atomic E-state index is 12.3. The van der Waals surface area contributed by atoms with E-state index in [0.29, 0.717) is 17.6 Å². The monoisotopic (exact) mass is 352 g/mol. The standard InChI is InChI=1S/C20H32O5/c1-7-12(4)18(23)25-17-10-20(24,11(2)3)15-9-14(21)13(5)8-16(22)19(15,17)6/h7-8,11,14-17,21-22,24H,9-10H2,1-6H3/b12-7+/t14-,15-,16-,17-,19+,20-/m1/s1. The number of hydrogen-bond donors (Lipinski definition) is 3. The van der Waals surface area contributed by atoms with Crippen LogP contribution < -0.4 is 0 Å². The molecular weight excluding hydrogens is 320 g/mol. The lowest BCUT2D eigenvalue weighted by atomic mass is 9.67. The number of esters is 1. The molecule has 0 amide bonds. The fourth-order valence-electron chi connectivity index (χ4n) is 4.37. The highest BCUT2D eigenvalue weighted by Crippen LogP contribution is 2.58. The Morgan fingerprint density at radius 2 is 2.00 bits per heavy atom. The molecule has 0 unspecified atom stereocenters. The number of aliphatic hydroxyl groups is 3. The number of carbonyl (C=O) groups is 1. The summed E-state index contributed by atoms with van der Waals surface area (Å²) in [4.78, 5) is 12.3. The van der Waals surface area contributed by atoms with Crippen molar-refractivity contribution in [1.29, 1.82) is 0 Å². The summed E-state index contributed by atoms with van der Waals surface area (Å²) in [5.41, 5.74) is -0.801. The molecule has 0 bridgehead atoms. The van der Waals surface area contributed by atoms with E-state index in [9.17, 15) is 20.1 Å². The highest BCUT2D eigenvalue weighted by atomic mass is 16.5. The van der Waals surface area contributed by atoms with Crippen LogP contribution in [0.1, 0.15) is 54.4 Å². The molecule has 0 aromatic heterocycles. The van der Waals surface area contributed by atoms with Gasteiger partial charge < -0.3 is 20.1 Å². The Balaban J connectivity index is 2.50. The topological polar surface area (TPSA) is 87.0 Å². The largest absolute Gasteiger partial charge is 0.458 e. The smallest absolute Gasteiger partial charge is 0.333 e. The van der Waals surface area contributed by atoms with Crippen molar-refractivity contribution < 1.29 is 24.9 Å². The number of ether oxygens (including phenoxy) is 1. The van der Waals surface area contributed by atoms with Gasteiger partial charge in [0.15, 0.2) is 0 Å². The molecule has 142 valence electrons. The molecule has 6 atom stereocenters. The third kappa shape index (κ3) is 3.18.